The molecule has 0 saturated carbocycles. The van der Waals surface area contributed by atoms with Gasteiger partial charge in [-0.3, -0.25) is 9.59 Å². The molecule has 2 amide bonds. The summed E-state index contributed by atoms with van der Waals surface area (Å²) in [5, 5.41) is 2.78. The van der Waals surface area contributed by atoms with Gasteiger partial charge in [0.1, 0.15) is 11.9 Å². The second-order valence-corrected chi connectivity index (χ2v) is 6.02. The summed E-state index contributed by atoms with van der Waals surface area (Å²) >= 11 is 1.52. The SMILES string of the molecule is CCC1C(=O)NCCN1C(=O)CCSc1ccc(F)cc1. The third-order valence-corrected chi connectivity index (χ3v) is 4.45. The Morgan fingerprint density at radius 3 is 2.81 bits per heavy atom. The van der Waals surface area contributed by atoms with Crippen molar-refractivity contribution in [3.63, 3.8) is 0 Å². The highest BCUT2D eigenvalue weighted by Crippen LogP contribution is 2.20. The number of hydrogen-bond donors (Lipinski definition) is 1. The van der Waals surface area contributed by atoms with E-state index in [9.17, 15) is 14.0 Å². The van der Waals surface area contributed by atoms with Crippen LogP contribution in [-0.2, 0) is 9.59 Å². The molecule has 0 radical (unpaired) electrons. The molecule has 4 nitrogen and oxygen atoms in total. The molecular weight excluding hydrogens is 291 g/mol. The number of carbonyl (C=O) groups excluding carboxylic acids is 2. The van der Waals surface area contributed by atoms with Crippen LogP contribution in [0, 0.1) is 5.82 Å². The molecule has 1 saturated heterocycles. The number of amides is 2. The lowest BCUT2D eigenvalue weighted by atomic mass is 10.1. The number of halogens is 1. The Bertz CT molecular complexity index is 507. The summed E-state index contributed by atoms with van der Waals surface area (Å²) in [6.45, 7) is 3.00. The predicted octanol–water partition coefficient (Wildman–Crippen LogP) is 2.04. The molecule has 1 aromatic rings. The summed E-state index contributed by atoms with van der Waals surface area (Å²) in [5.74, 6) is 0.300. The standard InChI is InChI=1S/C15H19FN2O2S/c1-2-13-15(20)17-8-9-18(13)14(19)7-10-21-12-5-3-11(16)4-6-12/h3-6,13H,2,7-10H2,1H3,(H,17,20). The van der Waals surface area contributed by atoms with Gasteiger partial charge in [-0.15, -0.1) is 11.8 Å². The van der Waals surface area contributed by atoms with Crippen molar-refractivity contribution in [2.45, 2.75) is 30.7 Å². The zero-order valence-electron chi connectivity index (χ0n) is 12.0. The highest BCUT2D eigenvalue weighted by molar-refractivity contribution is 7.99. The summed E-state index contributed by atoms with van der Waals surface area (Å²) in [6, 6.07) is 5.88. The van der Waals surface area contributed by atoms with Crippen LogP contribution in [0.1, 0.15) is 19.8 Å². The third kappa shape index (κ3) is 4.20. The van der Waals surface area contributed by atoms with E-state index in [1.807, 2.05) is 6.92 Å². The second kappa shape index (κ2) is 7.45. The van der Waals surface area contributed by atoms with E-state index in [2.05, 4.69) is 5.32 Å². The fraction of sp³-hybridized carbons (Fsp3) is 0.467. The van der Waals surface area contributed by atoms with Crippen molar-refractivity contribution >= 4 is 23.6 Å². The number of benzene rings is 1. The van der Waals surface area contributed by atoms with Crippen molar-refractivity contribution in [1.82, 2.24) is 10.2 Å². The molecule has 1 aliphatic heterocycles. The van der Waals surface area contributed by atoms with E-state index in [4.69, 9.17) is 0 Å². The monoisotopic (exact) mass is 310 g/mol. The number of hydrogen-bond acceptors (Lipinski definition) is 3. The van der Waals surface area contributed by atoms with Crippen molar-refractivity contribution in [2.75, 3.05) is 18.8 Å². The van der Waals surface area contributed by atoms with Crippen LogP contribution in [0.4, 0.5) is 4.39 Å². The first-order chi connectivity index (χ1) is 10.1. The summed E-state index contributed by atoms with van der Waals surface area (Å²) < 4.78 is 12.8. The summed E-state index contributed by atoms with van der Waals surface area (Å²) in [6.07, 6.45) is 1.01. The Balaban J connectivity index is 1.83. The first-order valence-electron chi connectivity index (χ1n) is 7.07. The first-order valence-corrected chi connectivity index (χ1v) is 8.06. The molecule has 6 heteroatoms. The zero-order valence-corrected chi connectivity index (χ0v) is 12.8. The molecule has 0 aromatic heterocycles. The van der Waals surface area contributed by atoms with Crippen molar-refractivity contribution in [3.8, 4) is 0 Å². The van der Waals surface area contributed by atoms with Gasteiger partial charge in [0.2, 0.25) is 11.8 Å². The third-order valence-electron chi connectivity index (χ3n) is 3.44. The van der Waals surface area contributed by atoms with Crippen LogP contribution in [0.2, 0.25) is 0 Å². The molecule has 1 atom stereocenters. The summed E-state index contributed by atoms with van der Waals surface area (Å²) in [5.41, 5.74) is 0. The molecule has 21 heavy (non-hydrogen) atoms. The van der Waals surface area contributed by atoms with E-state index in [-0.39, 0.29) is 23.7 Å². The van der Waals surface area contributed by atoms with Gasteiger partial charge in [0, 0.05) is 30.2 Å². The number of nitrogens with zero attached hydrogens (tertiary/aromatic N) is 1. The number of carbonyl (C=O) groups is 2. The molecule has 0 bridgehead atoms. The van der Waals surface area contributed by atoms with Gasteiger partial charge in [0.05, 0.1) is 0 Å². The fourth-order valence-corrected chi connectivity index (χ4v) is 3.19. The van der Waals surface area contributed by atoms with E-state index < -0.39 is 0 Å². The maximum Gasteiger partial charge on any atom is 0.242 e. The average molecular weight is 310 g/mol. The Labute approximate surface area is 128 Å². The number of piperazine rings is 1. The van der Waals surface area contributed by atoms with Gasteiger partial charge in [0.25, 0.3) is 0 Å². The molecule has 1 fully saturated rings. The van der Waals surface area contributed by atoms with Crippen molar-refractivity contribution in [3.05, 3.63) is 30.1 Å². The molecule has 0 aliphatic carbocycles. The summed E-state index contributed by atoms with van der Waals surface area (Å²) in [7, 11) is 0. The average Bonchev–Trinajstić information content (AvgIpc) is 2.49. The zero-order chi connectivity index (χ0) is 15.2. The number of nitrogens with one attached hydrogen (secondary N) is 1. The van der Waals surface area contributed by atoms with Gasteiger partial charge in [-0.05, 0) is 30.7 Å². The van der Waals surface area contributed by atoms with Crippen LogP contribution in [-0.4, -0.2) is 41.6 Å². The van der Waals surface area contributed by atoms with Crippen molar-refractivity contribution < 1.29 is 14.0 Å². The van der Waals surface area contributed by atoms with Crippen LogP contribution in [0.25, 0.3) is 0 Å². The first kappa shape index (κ1) is 15.8. The van der Waals surface area contributed by atoms with Gasteiger partial charge in [0.15, 0.2) is 0 Å². The maximum atomic E-state index is 12.8. The summed E-state index contributed by atoms with van der Waals surface area (Å²) in [4.78, 5) is 26.6. The van der Waals surface area contributed by atoms with Gasteiger partial charge in [-0.2, -0.15) is 0 Å². The van der Waals surface area contributed by atoms with Crippen LogP contribution < -0.4 is 5.32 Å². The van der Waals surface area contributed by atoms with Gasteiger partial charge in [-0.25, -0.2) is 4.39 Å². The quantitative estimate of drug-likeness (QED) is 0.847. The molecular formula is C15H19FN2O2S. The molecule has 1 unspecified atom stereocenters. The molecule has 114 valence electrons. The van der Waals surface area contributed by atoms with Crippen LogP contribution in [0.15, 0.2) is 29.2 Å². The smallest absolute Gasteiger partial charge is 0.242 e. The van der Waals surface area contributed by atoms with E-state index in [0.717, 1.165) is 4.90 Å². The van der Waals surface area contributed by atoms with E-state index in [1.54, 1.807) is 17.0 Å². The minimum Gasteiger partial charge on any atom is -0.353 e. The Kier molecular flexibility index (Phi) is 5.61. The van der Waals surface area contributed by atoms with E-state index in [1.165, 1.54) is 23.9 Å². The number of thioether (sulfide) groups is 1. The van der Waals surface area contributed by atoms with Crippen LogP contribution >= 0.6 is 11.8 Å². The Morgan fingerprint density at radius 1 is 1.43 bits per heavy atom. The van der Waals surface area contributed by atoms with Crippen molar-refractivity contribution in [2.24, 2.45) is 0 Å². The minimum atomic E-state index is -0.345. The van der Waals surface area contributed by atoms with Crippen LogP contribution in [0.3, 0.4) is 0 Å². The Hall–Kier alpha value is -1.56. The maximum absolute atomic E-state index is 12.8. The Morgan fingerprint density at radius 2 is 2.14 bits per heavy atom. The van der Waals surface area contributed by atoms with E-state index in [0.29, 0.717) is 31.7 Å². The van der Waals surface area contributed by atoms with Gasteiger partial charge >= 0.3 is 0 Å². The molecule has 0 spiro atoms. The lowest BCUT2D eigenvalue weighted by molar-refractivity contribution is -0.143. The van der Waals surface area contributed by atoms with Gasteiger partial charge in [-0.1, -0.05) is 6.92 Å². The fourth-order valence-electron chi connectivity index (χ4n) is 2.35. The van der Waals surface area contributed by atoms with Crippen LogP contribution in [0.5, 0.6) is 0 Å². The predicted molar refractivity (Wildman–Crippen MR) is 80.5 cm³/mol. The molecule has 1 aromatic carbocycles. The van der Waals surface area contributed by atoms with Crippen molar-refractivity contribution in [1.29, 1.82) is 0 Å². The highest BCUT2D eigenvalue weighted by Gasteiger charge is 2.30. The van der Waals surface area contributed by atoms with E-state index >= 15 is 0 Å². The normalized spacial score (nSPS) is 18.5. The molecule has 1 N–H and O–H groups in total. The molecule has 2 rings (SSSR count). The number of rotatable bonds is 5. The second-order valence-electron chi connectivity index (χ2n) is 4.85. The topological polar surface area (TPSA) is 49.4 Å². The lowest BCUT2D eigenvalue weighted by Crippen LogP contribution is -2.56. The van der Waals surface area contributed by atoms with Gasteiger partial charge < -0.3 is 10.2 Å². The molecule has 1 heterocycles. The molecule has 1 aliphatic rings. The lowest BCUT2D eigenvalue weighted by Gasteiger charge is -2.34. The highest BCUT2D eigenvalue weighted by atomic mass is 32.2. The largest absolute Gasteiger partial charge is 0.353 e. The minimum absolute atomic E-state index is 0.00584.